The monoisotopic (exact) mass is 142 g/mol. The number of aliphatic hydroxyl groups excluding tert-OH is 1. The van der Waals surface area contributed by atoms with E-state index in [0.29, 0.717) is 6.42 Å². The Hall–Kier alpha value is -0.380. The molecule has 2 N–H and O–H groups in total. The van der Waals surface area contributed by atoms with Crippen LogP contribution in [0.4, 0.5) is 0 Å². The minimum Gasteiger partial charge on any atom is -0.393 e. The summed E-state index contributed by atoms with van der Waals surface area (Å²) in [6.45, 7) is -0.210. The van der Waals surface area contributed by atoms with E-state index in [1.807, 2.05) is 12.2 Å². The molecule has 0 amide bonds. The number of aliphatic hydroxyl groups is 2. The van der Waals surface area contributed by atoms with Crippen molar-refractivity contribution in [2.75, 3.05) is 6.61 Å². The molecule has 1 saturated heterocycles. The smallest absolute Gasteiger partial charge is 0.120 e. The van der Waals surface area contributed by atoms with Crippen LogP contribution in [0.5, 0.6) is 0 Å². The number of fused-ring (bicyclic) bond motifs is 2. The van der Waals surface area contributed by atoms with Crippen LogP contribution in [0.3, 0.4) is 0 Å². The van der Waals surface area contributed by atoms with E-state index in [0.717, 1.165) is 0 Å². The number of rotatable bonds is 1. The zero-order valence-corrected chi connectivity index (χ0v) is 5.53. The van der Waals surface area contributed by atoms with Gasteiger partial charge in [0.2, 0.25) is 0 Å². The van der Waals surface area contributed by atoms with Gasteiger partial charge < -0.3 is 14.9 Å². The summed E-state index contributed by atoms with van der Waals surface area (Å²) < 4.78 is 5.26. The molecule has 3 atom stereocenters. The standard InChI is InChI=1S/C7H10O3/c8-4-7(9)3-5-1-2-6(7)10-5/h1-2,5-6,8-9H,3-4H2/t5-,6+,7+/m0/s1. The lowest BCUT2D eigenvalue weighted by Crippen LogP contribution is -2.41. The second-order valence-electron chi connectivity index (χ2n) is 2.95. The second-order valence-corrected chi connectivity index (χ2v) is 2.95. The molecular formula is C7H10O3. The zero-order chi connectivity index (χ0) is 7.19. The van der Waals surface area contributed by atoms with Crippen molar-refractivity contribution in [3.05, 3.63) is 12.2 Å². The third-order valence-electron chi connectivity index (χ3n) is 2.18. The zero-order valence-electron chi connectivity index (χ0n) is 5.53. The van der Waals surface area contributed by atoms with E-state index in [1.54, 1.807) is 0 Å². The van der Waals surface area contributed by atoms with Crippen molar-refractivity contribution in [1.29, 1.82) is 0 Å². The van der Waals surface area contributed by atoms with Gasteiger partial charge in [0.15, 0.2) is 0 Å². The fourth-order valence-electron chi connectivity index (χ4n) is 1.54. The highest BCUT2D eigenvalue weighted by Crippen LogP contribution is 2.36. The van der Waals surface area contributed by atoms with Crippen LogP contribution in [0.2, 0.25) is 0 Å². The highest BCUT2D eigenvalue weighted by molar-refractivity contribution is 5.17. The fraction of sp³-hybridized carbons (Fsp3) is 0.714. The Morgan fingerprint density at radius 3 is 2.70 bits per heavy atom. The molecule has 0 aromatic rings. The fourth-order valence-corrected chi connectivity index (χ4v) is 1.54. The van der Waals surface area contributed by atoms with Crippen LogP contribution in [0.25, 0.3) is 0 Å². The summed E-state index contributed by atoms with van der Waals surface area (Å²) in [4.78, 5) is 0. The van der Waals surface area contributed by atoms with Crippen LogP contribution < -0.4 is 0 Å². The van der Waals surface area contributed by atoms with Crippen molar-refractivity contribution in [2.24, 2.45) is 0 Å². The first kappa shape index (κ1) is 6.34. The van der Waals surface area contributed by atoms with Crippen LogP contribution >= 0.6 is 0 Å². The van der Waals surface area contributed by atoms with Crippen molar-refractivity contribution in [3.8, 4) is 0 Å². The van der Waals surface area contributed by atoms with E-state index in [2.05, 4.69) is 0 Å². The molecular weight excluding hydrogens is 132 g/mol. The summed E-state index contributed by atoms with van der Waals surface area (Å²) in [6, 6.07) is 0. The third-order valence-corrected chi connectivity index (χ3v) is 2.18. The topological polar surface area (TPSA) is 49.7 Å². The normalized spacial score (nSPS) is 50.6. The van der Waals surface area contributed by atoms with E-state index in [4.69, 9.17) is 9.84 Å². The van der Waals surface area contributed by atoms with Gasteiger partial charge in [-0.15, -0.1) is 0 Å². The van der Waals surface area contributed by atoms with E-state index in [1.165, 1.54) is 0 Å². The summed E-state index contributed by atoms with van der Waals surface area (Å²) in [5.41, 5.74) is -1.00. The molecule has 56 valence electrons. The van der Waals surface area contributed by atoms with Gasteiger partial charge in [-0.25, -0.2) is 0 Å². The molecule has 0 radical (unpaired) electrons. The Labute approximate surface area is 58.9 Å². The lowest BCUT2D eigenvalue weighted by Gasteiger charge is -2.24. The average Bonchev–Trinajstić information content (AvgIpc) is 2.46. The number of hydrogen-bond acceptors (Lipinski definition) is 3. The maximum absolute atomic E-state index is 9.56. The first-order chi connectivity index (χ1) is 4.74. The van der Waals surface area contributed by atoms with Crippen molar-refractivity contribution >= 4 is 0 Å². The molecule has 0 spiro atoms. The van der Waals surface area contributed by atoms with Crippen LogP contribution in [0, 0.1) is 0 Å². The van der Waals surface area contributed by atoms with Gasteiger partial charge >= 0.3 is 0 Å². The minimum atomic E-state index is -1.00. The highest BCUT2D eigenvalue weighted by Gasteiger charge is 2.47. The van der Waals surface area contributed by atoms with E-state index in [-0.39, 0.29) is 18.8 Å². The number of ether oxygens (including phenoxy) is 1. The van der Waals surface area contributed by atoms with Gasteiger partial charge in [-0.05, 0) is 0 Å². The molecule has 2 aliphatic heterocycles. The molecule has 3 heteroatoms. The highest BCUT2D eigenvalue weighted by atomic mass is 16.5. The summed E-state index contributed by atoms with van der Waals surface area (Å²) >= 11 is 0. The molecule has 0 aromatic carbocycles. The van der Waals surface area contributed by atoms with E-state index in [9.17, 15) is 5.11 Å². The van der Waals surface area contributed by atoms with Gasteiger partial charge in [0, 0.05) is 6.42 Å². The van der Waals surface area contributed by atoms with E-state index < -0.39 is 5.60 Å². The van der Waals surface area contributed by atoms with Gasteiger partial charge in [-0.1, -0.05) is 12.2 Å². The van der Waals surface area contributed by atoms with Crippen molar-refractivity contribution < 1.29 is 14.9 Å². The van der Waals surface area contributed by atoms with Gasteiger partial charge in [0.1, 0.15) is 11.7 Å². The Morgan fingerprint density at radius 2 is 2.40 bits per heavy atom. The molecule has 0 aliphatic carbocycles. The quantitative estimate of drug-likeness (QED) is 0.482. The molecule has 2 bridgehead atoms. The van der Waals surface area contributed by atoms with Crippen LogP contribution in [-0.4, -0.2) is 34.6 Å². The first-order valence-corrected chi connectivity index (χ1v) is 3.42. The van der Waals surface area contributed by atoms with Gasteiger partial charge in [-0.2, -0.15) is 0 Å². The van der Waals surface area contributed by atoms with Gasteiger partial charge in [0.25, 0.3) is 0 Å². The summed E-state index contributed by atoms with van der Waals surface area (Å²) in [7, 11) is 0. The largest absolute Gasteiger partial charge is 0.393 e. The molecule has 3 nitrogen and oxygen atoms in total. The van der Waals surface area contributed by atoms with E-state index >= 15 is 0 Å². The Balaban J connectivity index is 2.22. The summed E-state index contributed by atoms with van der Waals surface area (Å²) in [5.74, 6) is 0. The van der Waals surface area contributed by atoms with Crippen molar-refractivity contribution in [1.82, 2.24) is 0 Å². The first-order valence-electron chi connectivity index (χ1n) is 3.42. The van der Waals surface area contributed by atoms with Crippen molar-refractivity contribution in [2.45, 2.75) is 24.2 Å². The molecule has 0 aromatic heterocycles. The maximum atomic E-state index is 9.56. The van der Waals surface area contributed by atoms with Crippen molar-refractivity contribution in [3.63, 3.8) is 0 Å². The maximum Gasteiger partial charge on any atom is 0.120 e. The molecule has 1 fully saturated rings. The Kier molecular flexibility index (Phi) is 1.15. The lowest BCUT2D eigenvalue weighted by molar-refractivity contribution is -0.0488. The predicted octanol–water partition coefficient (Wildman–Crippen LogP) is -0.563. The molecule has 0 saturated carbocycles. The van der Waals surface area contributed by atoms with Crippen LogP contribution in [-0.2, 0) is 4.74 Å². The molecule has 2 aliphatic rings. The predicted molar refractivity (Wildman–Crippen MR) is 34.5 cm³/mol. The van der Waals surface area contributed by atoms with Crippen LogP contribution in [0.1, 0.15) is 6.42 Å². The molecule has 10 heavy (non-hydrogen) atoms. The minimum absolute atomic E-state index is 0.0298. The van der Waals surface area contributed by atoms with Gasteiger partial charge in [-0.3, -0.25) is 0 Å². The Bertz CT molecular complexity index is 178. The lowest BCUT2D eigenvalue weighted by atomic mass is 9.90. The second kappa shape index (κ2) is 1.81. The number of hydrogen-bond donors (Lipinski definition) is 2. The van der Waals surface area contributed by atoms with Crippen LogP contribution in [0.15, 0.2) is 12.2 Å². The van der Waals surface area contributed by atoms with Gasteiger partial charge in [0.05, 0.1) is 12.7 Å². The molecule has 2 rings (SSSR count). The molecule has 0 unspecified atom stereocenters. The average molecular weight is 142 g/mol. The summed E-state index contributed by atoms with van der Waals surface area (Å²) in [5, 5.41) is 18.3. The summed E-state index contributed by atoms with van der Waals surface area (Å²) in [6.07, 6.45) is 4.02. The Morgan fingerprint density at radius 1 is 1.60 bits per heavy atom. The molecule has 2 heterocycles. The SMILES string of the molecule is OC[C@]1(O)C[C@@H]2C=C[C@H]1O2. The third kappa shape index (κ3) is 0.653.